The molecule has 2 aliphatic carbocycles. The quantitative estimate of drug-likeness (QED) is 0.472. The lowest BCUT2D eigenvalue weighted by Gasteiger charge is -2.30. The van der Waals surface area contributed by atoms with Gasteiger partial charge in [-0.25, -0.2) is 4.79 Å². The Bertz CT molecular complexity index is 665. The summed E-state index contributed by atoms with van der Waals surface area (Å²) in [4.78, 5) is 14.6. The van der Waals surface area contributed by atoms with Gasteiger partial charge in [0.2, 0.25) is 0 Å². The van der Waals surface area contributed by atoms with E-state index in [4.69, 9.17) is 21.5 Å². The van der Waals surface area contributed by atoms with E-state index in [0.29, 0.717) is 12.5 Å². The molecule has 0 spiro atoms. The summed E-state index contributed by atoms with van der Waals surface area (Å²) in [6.07, 6.45) is 2.22. The molecule has 2 saturated carbocycles. The maximum atomic E-state index is 12.8. The van der Waals surface area contributed by atoms with Crippen molar-refractivity contribution in [1.29, 1.82) is 0 Å². The smallest absolute Gasteiger partial charge is 0.410 e. The monoisotopic (exact) mass is 364 g/mol. The van der Waals surface area contributed by atoms with Crippen LogP contribution in [0.3, 0.4) is 0 Å². The summed E-state index contributed by atoms with van der Waals surface area (Å²) in [6.45, 7) is 6.01. The van der Waals surface area contributed by atoms with Crippen molar-refractivity contribution in [3.05, 3.63) is 35.9 Å². The molecule has 136 valence electrons. The predicted molar refractivity (Wildman–Crippen MR) is 97.3 cm³/mol. The summed E-state index contributed by atoms with van der Waals surface area (Å²) in [6, 6.07) is 10.3. The molecule has 0 heterocycles. The van der Waals surface area contributed by atoms with Crippen LogP contribution >= 0.6 is 11.6 Å². The summed E-state index contributed by atoms with van der Waals surface area (Å²) in [7, 11) is 0. The van der Waals surface area contributed by atoms with E-state index in [-0.39, 0.29) is 17.3 Å². The number of nitrogens with zero attached hydrogens (tertiary/aromatic N) is 2. The maximum absolute atomic E-state index is 12.8. The summed E-state index contributed by atoms with van der Waals surface area (Å²) in [5.74, 6) is 0.314. The Hall–Kier alpha value is -1.75. The zero-order valence-electron chi connectivity index (χ0n) is 14.9. The van der Waals surface area contributed by atoms with E-state index in [1.165, 1.54) is 5.56 Å². The van der Waals surface area contributed by atoms with Gasteiger partial charge in [0.1, 0.15) is 5.60 Å². The number of rotatable bonds is 5. The molecule has 1 N–H and O–H groups in total. The van der Waals surface area contributed by atoms with Crippen molar-refractivity contribution in [1.82, 2.24) is 4.90 Å². The fraction of sp³-hybridized carbons (Fsp3) is 0.579. The van der Waals surface area contributed by atoms with Crippen molar-refractivity contribution in [3.8, 4) is 0 Å². The van der Waals surface area contributed by atoms with Crippen molar-refractivity contribution >= 4 is 22.9 Å². The third-order valence-electron chi connectivity index (χ3n) is 4.86. The fourth-order valence-corrected chi connectivity index (χ4v) is 3.48. The summed E-state index contributed by atoms with van der Waals surface area (Å²) in [5, 5.41) is 12.4. The number of amides is 1. The highest BCUT2D eigenvalue weighted by molar-refractivity contribution is 6.67. The van der Waals surface area contributed by atoms with Gasteiger partial charge in [0.05, 0.1) is 0 Å². The lowest BCUT2D eigenvalue weighted by Crippen LogP contribution is -2.43. The second-order valence-electron chi connectivity index (χ2n) is 8.10. The molecule has 3 rings (SSSR count). The standard InChI is InChI=1S/C19H25ClN2O3/c1-18(2,3)25-17(23)22(12-19(9-10-19)16(20)21-24)15-11-14(15)13-7-5-4-6-8-13/h4-8,14-15,24H,9-12H2,1-3H3/b21-16-/t14-,15+/m0/s1. The average Bonchev–Trinajstić information content (AvgIpc) is 3.45. The van der Waals surface area contributed by atoms with Crippen LogP contribution in [-0.2, 0) is 4.74 Å². The number of carbonyl (C=O) groups excluding carboxylic acids is 1. The number of hydrogen-bond acceptors (Lipinski definition) is 4. The molecular weight excluding hydrogens is 340 g/mol. The molecule has 5 nitrogen and oxygen atoms in total. The van der Waals surface area contributed by atoms with E-state index in [9.17, 15) is 4.79 Å². The van der Waals surface area contributed by atoms with Crippen LogP contribution in [0.4, 0.5) is 4.79 Å². The van der Waals surface area contributed by atoms with E-state index in [1.807, 2.05) is 39.0 Å². The summed E-state index contributed by atoms with van der Waals surface area (Å²) >= 11 is 6.10. The van der Waals surface area contributed by atoms with Gasteiger partial charge in [-0.3, -0.25) is 0 Å². The van der Waals surface area contributed by atoms with E-state index in [0.717, 1.165) is 19.3 Å². The van der Waals surface area contributed by atoms with E-state index in [2.05, 4.69) is 17.3 Å². The molecular formula is C19H25ClN2O3. The molecule has 1 aromatic carbocycles. The van der Waals surface area contributed by atoms with Crippen LogP contribution in [0.2, 0.25) is 0 Å². The Morgan fingerprint density at radius 1 is 1.36 bits per heavy atom. The van der Waals surface area contributed by atoms with Crippen LogP contribution in [0.25, 0.3) is 0 Å². The molecule has 25 heavy (non-hydrogen) atoms. The Balaban J connectivity index is 1.78. The molecule has 0 bridgehead atoms. The molecule has 2 atom stereocenters. The normalized spacial score (nSPS) is 24.6. The highest BCUT2D eigenvalue weighted by atomic mass is 35.5. The second kappa shape index (κ2) is 6.52. The number of benzene rings is 1. The first-order valence-electron chi connectivity index (χ1n) is 8.68. The van der Waals surface area contributed by atoms with Gasteiger partial charge < -0.3 is 14.8 Å². The zero-order chi connectivity index (χ0) is 18.2. The largest absolute Gasteiger partial charge is 0.444 e. The van der Waals surface area contributed by atoms with Gasteiger partial charge in [-0.1, -0.05) is 47.1 Å². The highest BCUT2D eigenvalue weighted by Gasteiger charge is 2.54. The second-order valence-corrected chi connectivity index (χ2v) is 8.46. The Morgan fingerprint density at radius 2 is 2.00 bits per heavy atom. The van der Waals surface area contributed by atoms with Gasteiger partial charge in [0.25, 0.3) is 0 Å². The van der Waals surface area contributed by atoms with Gasteiger partial charge in [-0.15, -0.1) is 0 Å². The van der Waals surface area contributed by atoms with Crippen molar-refractivity contribution < 1.29 is 14.7 Å². The van der Waals surface area contributed by atoms with Crippen molar-refractivity contribution in [2.24, 2.45) is 10.6 Å². The van der Waals surface area contributed by atoms with Gasteiger partial charge >= 0.3 is 6.09 Å². The molecule has 0 radical (unpaired) electrons. The van der Waals surface area contributed by atoms with Gasteiger partial charge in [-0.05, 0) is 45.6 Å². The van der Waals surface area contributed by atoms with Crippen molar-refractivity contribution in [2.75, 3.05) is 6.54 Å². The minimum absolute atomic E-state index is 0.0953. The molecule has 6 heteroatoms. The Kier molecular flexibility index (Phi) is 4.71. The van der Waals surface area contributed by atoms with E-state index in [1.54, 1.807) is 4.90 Å². The number of carbonyl (C=O) groups is 1. The number of hydrogen-bond donors (Lipinski definition) is 1. The molecule has 2 aliphatic rings. The summed E-state index contributed by atoms with van der Waals surface area (Å²) < 4.78 is 5.61. The molecule has 0 unspecified atom stereocenters. The Labute approximate surface area is 153 Å². The van der Waals surface area contributed by atoms with Crippen molar-refractivity contribution in [2.45, 2.75) is 57.6 Å². The van der Waals surface area contributed by atoms with Gasteiger partial charge in [0.15, 0.2) is 5.17 Å². The first kappa shape index (κ1) is 18.1. The maximum Gasteiger partial charge on any atom is 0.410 e. The van der Waals surface area contributed by atoms with Crippen LogP contribution in [0.15, 0.2) is 35.5 Å². The molecule has 0 aromatic heterocycles. The van der Waals surface area contributed by atoms with Gasteiger partial charge in [-0.2, -0.15) is 0 Å². The molecule has 1 amide bonds. The first-order chi connectivity index (χ1) is 11.8. The minimum atomic E-state index is -0.557. The topological polar surface area (TPSA) is 62.1 Å². The third kappa shape index (κ3) is 4.09. The SMILES string of the molecule is CC(C)(C)OC(=O)N(CC1(/C(Cl)=N/O)CC1)[C@@H]1C[C@H]1c1ccccc1. The van der Waals surface area contributed by atoms with Crippen LogP contribution in [0.1, 0.15) is 51.5 Å². The first-order valence-corrected chi connectivity index (χ1v) is 9.06. The van der Waals surface area contributed by atoms with Crippen LogP contribution in [-0.4, -0.2) is 39.6 Å². The van der Waals surface area contributed by atoms with Crippen LogP contribution in [0.5, 0.6) is 0 Å². The Morgan fingerprint density at radius 3 is 2.52 bits per heavy atom. The lowest BCUT2D eigenvalue weighted by atomic mass is 10.1. The molecule has 0 aliphatic heterocycles. The molecule has 2 fully saturated rings. The number of ether oxygens (including phenoxy) is 1. The van der Waals surface area contributed by atoms with Crippen LogP contribution in [0, 0.1) is 5.41 Å². The zero-order valence-corrected chi connectivity index (χ0v) is 15.7. The minimum Gasteiger partial charge on any atom is -0.444 e. The highest BCUT2D eigenvalue weighted by Crippen LogP contribution is 2.52. The summed E-state index contributed by atoms with van der Waals surface area (Å²) in [5.41, 5.74) is 0.252. The predicted octanol–water partition coefficient (Wildman–Crippen LogP) is 4.59. The van der Waals surface area contributed by atoms with E-state index >= 15 is 0 Å². The lowest BCUT2D eigenvalue weighted by molar-refractivity contribution is 0.0207. The average molecular weight is 365 g/mol. The third-order valence-corrected chi connectivity index (χ3v) is 5.34. The van der Waals surface area contributed by atoms with Crippen LogP contribution < -0.4 is 0 Å². The van der Waals surface area contributed by atoms with Gasteiger partial charge in [0, 0.05) is 23.9 Å². The molecule has 0 saturated heterocycles. The van der Waals surface area contributed by atoms with E-state index < -0.39 is 11.0 Å². The fourth-order valence-electron chi connectivity index (χ4n) is 3.23. The van der Waals surface area contributed by atoms with Crippen molar-refractivity contribution in [3.63, 3.8) is 0 Å². The number of halogens is 1. The number of oxime groups is 1. The molecule has 1 aromatic rings.